The van der Waals surface area contributed by atoms with Gasteiger partial charge in [0.15, 0.2) is 15.8 Å². The molecule has 0 radical (unpaired) electrons. The van der Waals surface area contributed by atoms with E-state index in [1.54, 1.807) is 7.05 Å². The molecule has 0 bridgehead atoms. The maximum absolute atomic E-state index is 12.2. The number of ether oxygens (including phenoxy) is 2. The van der Waals surface area contributed by atoms with Gasteiger partial charge in [-0.05, 0) is 24.8 Å². The van der Waals surface area contributed by atoms with Crippen molar-refractivity contribution in [2.45, 2.75) is 25.0 Å². The van der Waals surface area contributed by atoms with Crippen LogP contribution in [0.2, 0.25) is 0 Å². The average molecular weight is 539 g/mol. The molecule has 1 aliphatic rings. The summed E-state index contributed by atoms with van der Waals surface area (Å²) in [6.07, 6.45) is 2.53. The van der Waals surface area contributed by atoms with Crippen LogP contribution in [0.15, 0.2) is 35.3 Å². The molecule has 9 heteroatoms. The fraction of sp³-hybridized carbons (Fsp3) is 0.650. The predicted octanol–water partition coefficient (Wildman–Crippen LogP) is 2.22. The number of rotatable bonds is 12. The molecule has 0 amide bonds. The molecule has 0 spiro atoms. The number of guanidine groups is 1. The summed E-state index contributed by atoms with van der Waals surface area (Å²) >= 11 is 0. The molecule has 1 atom stereocenters. The van der Waals surface area contributed by atoms with Crippen LogP contribution in [0, 0.1) is 5.92 Å². The molecule has 0 aromatic heterocycles. The van der Waals surface area contributed by atoms with Crippen molar-refractivity contribution in [3.63, 3.8) is 0 Å². The highest BCUT2D eigenvalue weighted by molar-refractivity contribution is 14.0. The normalized spacial score (nSPS) is 17.0. The van der Waals surface area contributed by atoms with E-state index < -0.39 is 9.84 Å². The molecule has 1 aromatic carbocycles. The zero-order valence-corrected chi connectivity index (χ0v) is 20.3. The lowest BCUT2D eigenvalue weighted by Crippen LogP contribution is -2.39. The van der Waals surface area contributed by atoms with E-state index in [9.17, 15) is 8.42 Å². The van der Waals surface area contributed by atoms with Crippen LogP contribution in [0.5, 0.6) is 0 Å². The predicted molar refractivity (Wildman–Crippen MR) is 128 cm³/mol. The third-order valence-corrected chi connectivity index (χ3v) is 6.20. The van der Waals surface area contributed by atoms with Gasteiger partial charge in [-0.25, -0.2) is 8.42 Å². The second-order valence-electron chi connectivity index (χ2n) is 7.02. The van der Waals surface area contributed by atoms with Crippen molar-refractivity contribution in [1.82, 2.24) is 10.6 Å². The van der Waals surface area contributed by atoms with Crippen LogP contribution < -0.4 is 10.6 Å². The monoisotopic (exact) mass is 539 g/mol. The molecule has 2 N–H and O–H groups in total. The van der Waals surface area contributed by atoms with Crippen LogP contribution in [-0.2, 0) is 25.1 Å². The van der Waals surface area contributed by atoms with Gasteiger partial charge >= 0.3 is 0 Å². The minimum atomic E-state index is -3.10. The van der Waals surface area contributed by atoms with Crippen molar-refractivity contribution in [1.29, 1.82) is 0 Å². The number of nitrogens with one attached hydrogen (secondary N) is 2. The summed E-state index contributed by atoms with van der Waals surface area (Å²) in [6, 6.07) is 9.28. The molecule has 1 heterocycles. The summed E-state index contributed by atoms with van der Waals surface area (Å²) in [7, 11) is -1.39. The average Bonchev–Trinajstić information content (AvgIpc) is 3.20. The fourth-order valence-corrected chi connectivity index (χ4v) is 4.39. The molecule has 1 unspecified atom stereocenters. The summed E-state index contributed by atoms with van der Waals surface area (Å²) in [4.78, 5) is 4.16. The number of sulfone groups is 1. The van der Waals surface area contributed by atoms with E-state index in [0.717, 1.165) is 44.8 Å². The molecule has 1 aromatic rings. The lowest BCUT2D eigenvalue weighted by Gasteiger charge is -2.13. The SMILES string of the molecule is CN=C(NCCCOCC1CCOC1)NCCCS(=O)(=O)Cc1ccccc1.I. The highest BCUT2D eigenvalue weighted by Gasteiger charge is 2.15. The minimum Gasteiger partial charge on any atom is -0.381 e. The number of halogens is 1. The molecule has 2 rings (SSSR count). The summed E-state index contributed by atoms with van der Waals surface area (Å²) < 4.78 is 35.4. The molecule has 166 valence electrons. The fourth-order valence-electron chi connectivity index (χ4n) is 2.97. The topological polar surface area (TPSA) is 89.0 Å². The summed E-state index contributed by atoms with van der Waals surface area (Å²) in [5, 5.41) is 6.38. The first kappa shape index (κ1) is 26.1. The van der Waals surface area contributed by atoms with Crippen LogP contribution in [0.4, 0.5) is 0 Å². The third-order valence-electron chi connectivity index (χ3n) is 4.51. The van der Waals surface area contributed by atoms with Crippen molar-refractivity contribution >= 4 is 39.8 Å². The summed E-state index contributed by atoms with van der Waals surface area (Å²) in [6.45, 7) is 4.46. The largest absolute Gasteiger partial charge is 0.381 e. The highest BCUT2D eigenvalue weighted by atomic mass is 127. The van der Waals surface area contributed by atoms with Gasteiger partial charge in [0, 0.05) is 39.3 Å². The summed E-state index contributed by atoms with van der Waals surface area (Å²) in [5.74, 6) is 1.48. The highest BCUT2D eigenvalue weighted by Crippen LogP contribution is 2.12. The van der Waals surface area contributed by atoms with E-state index in [1.165, 1.54) is 0 Å². The first-order valence-corrected chi connectivity index (χ1v) is 11.8. The first-order valence-electron chi connectivity index (χ1n) is 9.93. The van der Waals surface area contributed by atoms with E-state index in [2.05, 4.69) is 15.6 Å². The quantitative estimate of drug-likeness (QED) is 0.183. The van der Waals surface area contributed by atoms with Crippen LogP contribution in [0.3, 0.4) is 0 Å². The molecule has 1 fully saturated rings. The molecule has 7 nitrogen and oxygen atoms in total. The maximum atomic E-state index is 12.2. The lowest BCUT2D eigenvalue weighted by atomic mass is 10.1. The van der Waals surface area contributed by atoms with Crippen molar-refractivity contribution in [3.8, 4) is 0 Å². The third kappa shape index (κ3) is 11.8. The van der Waals surface area contributed by atoms with Gasteiger partial charge in [0.25, 0.3) is 0 Å². The Labute approximate surface area is 192 Å². The first-order chi connectivity index (χ1) is 13.6. The molecular formula is C20H34IN3O4S. The van der Waals surface area contributed by atoms with Crippen molar-refractivity contribution in [3.05, 3.63) is 35.9 Å². The Bertz CT molecular complexity index is 680. The van der Waals surface area contributed by atoms with Crippen molar-refractivity contribution < 1.29 is 17.9 Å². The Kier molecular flexibility index (Phi) is 13.5. The summed E-state index contributed by atoms with van der Waals surface area (Å²) in [5.41, 5.74) is 0.829. The maximum Gasteiger partial charge on any atom is 0.190 e. The minimum absolute atomic E-state index is 0. The number of nitrogens with zero attached hydrogens (tertiary/aromatic N) is 1. The van der Waals surface area contributed by atoms with E-state index >= 15 is 0 Å². The van der Waals surface area contributed by atoms with E-state index in [-0.39, 0.29) is 35.5 Å². The number of hydrogen-bond donors (Lipinski definition) is 2. The van der Waals surface area contributed by atoms with Crippen LogP contribution >= 0.6 is 24.0 Å². The van der Waals surface area contributed by atoms with Gasteiger partial charge in [-0.3, -0.25) is 4.99 Å². The van der Waals surface area contributed by atoms with Crippen LogP contribution in [-0.4, -0.2) is 66.7 Å². The van der Waals surface area contributed by atoms with Crippen molar-refractivity contribution in [2.75, 3.05) is 52.3 Å². The van der Waals surface area contributed by atoms with Crippen molar-refractivity contribution in [2.24, 2.45) is 10.9 Å². The Morgan fingerprint density at radius 2 is 1.93 bits per heavy atom. The van der Waals surface area contributed by atoms with Gasteiger partial charge in [0.2, 0.25) is 0 Å². The standard InChI is InChI=1S/C20H33N3O4S.HI/c1-21-20(22-10-5-12-26-15-19-9-13-27-16-19)23-11-6-14-28(24,25)17-18-7-3-2-4-8-18;/h2-4,7-8,19H,5-6,9-17H2,1H3,(H2,21,22,23);1H. The van der Waals surface area contributed by atoms with Gasteiger partial charge in [-0.2, -0.15) is 0 Å². The van der Waals surface area contributed by atoms with E-state index in [4.69, 9.17) is 9.47 Å². The molecular weight excluding hydrogens is 505 g/mol. The number of aliphatic imine (C=N–C) groups is 1. The number of hydrogen-bond acceptors (Lipinski definition) is 5. The second-order valence-corrected chi connectivity index (χ2v) is 9.20. The Morgan fingerprint density at radius 1 is 1.21 bits per heavy atom. The zero-order chi connectivity index (χ0) is 20.1. The Balaban J connectivity index is 0.00000420. The smallest absolute Gasteiger partial charge is 0.190 e. The Morgan fingerprint density at radius 3 is 2.59 bits per heavy atom. The molecule has 0 saturated carbocycles. The van der Waals surface area contributed by atoms with Crippen LogP contribution in [0.25, 0.3) is 0 Å². The van der Waals surface area contributed by atoms with Gasteiger partial charge in [0.1, 0.15) is 0 Å². The second kappa shape index (κ2) is 15.0. The zero-order valence-electron chi connectivity index (χ0n) is 17.1. The lowest BCUT2D eigenvalue weighted by molar-refractivity contribution is 0.0888. The Hall–Kier alpha value is -0.910. The molecule has 1 aliphatic heterocycles. The molecule has 29 heavy (non-hydrogen) atoms. The van der Waals surface area contributed by atoms with Gasteiger partial charge in [-0.15, -0.1) is 24.0 Å². The van der Waals surface area contributed by atoms with Crippen LogP contribution in [0.1, 0.15) is 24.8 Å². The van der Waals surface area contributed by atoms with Gasteiger partial charge in [-0.1, -0.05) is 30.3 Å². The number of benzene rings is 1. The molecule has 1 saturated heterocycles. The van der Waals surface area contributed by atoms with Gasteiger partial charge < -0.3 is 20.1 Å². The van der Waals surface area contributed by atoms with E-state index in [1.807, 2.05) is 30.3 Å². The van der Waals surface area contributed by atoms with E-state index in [0.29, 0.717) is 31.4 Å². The van der Waals surface area contributed by atoms with Gasteiger partial charge in [0.05, 0.1) is 24.7 Å². The molecule has 0 aliphatic carbocycles.